The lowest BCUT2D eigenvalue weighted by Crippen LogP contribution is -2.49. The lowest BCUT2D eigenvalue weighted by molar-refractivity contribution is -0.0360. The van der Waals surface area contributed by atoms with E-state index in [4.69, 9.17) is 0 Å². The fraction of sp³-hybridized carbons (Fsp3) is 0.895. The van der Waals surface area contributed by atoms with Gasteiger partial charge in [-0.3, -0.25) is 0 Å². The normalized spacial score (nSPS) is 54.0. The molecule has 0 aromatic rings. The number of nitrogens with zero attached hydrogens (tertiary/aromatic N) is 1. The quantitative estimate of drug-likeness (QED) is 0.575. The summed E-state index contributed by atoms with van der Waals surface area (Å²) in [5, 5.41) is 13.4. The zero-order valence-corrected chi connectivity index (χ0v) is 13.9. The number of fused-ring (bicyclic) bond motifs is 5. The first-order valence-electron chi connectivity index (χ1n) is 9.16. The largest absolute Gasteiger partial charge is 0.393 e. The first-order chi connectivity index (χ1) is 10.5. The number of hydrogen-bond acceptors (Lipinski definition) is 3. The van der Waals surface area contributed by atoms with Crippen molar-refractivity contribution in [3.8, 4) is 0 Å². The molecule has 0 aromatic heterocycles. The second kappa shape index (κ2) is 4.90. The molecular formula is C19H29NO2. The second-order valence-corrected chi connectivity index (χ2v) is 9.05. The van der Waals surface area contributed by atoms with E-state index >= 15 is 0 Å². The summed E-state index contributed by atoms with van der Waals surface area (Å²) in [6, 6.07) is 0.0557. The Balaban J connectivity index is 1.66. The summed E-state index contributed by atoms with van der Waals surface area (Å²) >= 11 is 0. The van der Waals surface area contributed by atoms with E-state index in [1.165, 1.54) is 18.4 Å². The Labute approximate surface area is 133 Å². The molecule has 3 heteroatoms. The van der Waals surface area contributed by atoms with Gasteiger partial charge in [0.25, 0.3) is 0 Å². The standard InChI is InChI=1S/C19H29NO2/c1-18-7-6-16-15(17(18)10-13(11-18)20-22)4-3-12-9-14(21)5-8-19(12,16)2/h3,13-17,21H,4-11H2,1-2H3/t13?,14-,15?,16?,17?,18+,19-/m0/s1. The van der Waals surface area contributed by atoms with Gasteiger partial charge in [0.15, 0.2) is 0 Å². The van der Waals surface area contributed by atoms with Crippen LogP contribution in [-0.4, -0.2) is 17.3 Å². The van der Waals surface area contributed by atoms with Crippen LogP contribution < -0.4 is 0 Å². The van der Waals surface area contributed by atoms with Gasteiger partial charge in [0.2, 0.25) is 0 Å². The Hall–Kier alpha value is -0.700. The summed E-state index contributed by atoms with van der Waals surface area (Å²) in [6.07, 6.45) is 11.1. The summed E-state index contributed by atoms with van der Waals surface area (Å²) in [7, 11) is 0. The van der Waals surface area contributed by atoms with E-state index < -0.39 is 0 Å². The maximum atomic E-state index is 11.1. The van der Waals surface area contributed by atoms with Crippen LogP contribution in [0.25, 0.3) is 0 Å². The average Bonchev–Trinajstić information content (AvgIpc) is 2.85. The third-order valence-corrected chi connectivity index (χ3v) is 7.97. The third-order valence-electron chi connectivity index (χ3n) is 7.97. The molecule has 4 aliphatic carbocycles. The van der Waals surface area contributed by atoms with Gasteiger partial charge in [-0.2, -0.15) is 4.91 Å². The maximum Gasteiger partial charge on any atom is 0.0928 e. The fourth-order valence-corrected chi connectivity index (χ4v) is 6.74. The molecule has 4 rings (SSSR count). The van der Waals surface area contributed by atoms with Crippen molar-refractivity contribution in [3.05, 3.63) is 16.6 Å². The highest BCUT2D eigenvalue weighted by atomic mass is 16.3. The van der Waals surface area contributed by atoms with Gasteiger partial charge in [-0.25, -0.2) is 0 Å². The lowest BCUT2D eigenvalue weighted by atomic mass is 9.48. The van der Waals surface area contributed by atoms with E-state index in [0.29, 0.717) is 16.7 Å². The Bertz CT molecular complexity index is 516. The average molecular weight is 303 g/mol. The predicted octanol–water partition coefficient (Wildman–Crippen LogP) is 4.45. The molecule has 0 aliphatic heterocycles. The minimum Gasteiger partial charge on any atom is -0.393 e. The summed E-state index contributed by atoms with van der Waals surface area (Å²) in [4.78, 5) is 11.1. The van der Waals surface area contributed by atoms with Crippen LogP contribution in [0.3, 0.4) is 0 Å². The molecule has 3 saturated carbocycles. The van der Waals surface area contributed by atoms with Crippen LogP contribution in [-0.2, 0) is 0 Å². The Kier molecular flexibility index (Phi) is 3.31. The van der Waals surface area contributed by atoms with Crippen molar-refractivity contribution in [2.45, 2.75) is 77.4 Å². The minimum absolute atomic E-state index is 0.0557. The molecule has 0 spiro atoms. The molecule has 0 amide bonds. The molecule has 0 aromatic carbocycles. The van der Waals surface area contributed by atoms with Gasteiger partial charge in [-0.1, -0.05) is 30.7 Å². The van der Waals surface area contributed by atoms with Gasteiger partial charge >= 0.3 is 0 Å². The van der Waals surface area contributed by atoms with Crippen molar-refractivity contribution in [2.24, 2.45) is 33.8 Å². The van der Waals surface area contributed by atoms with Crippen LogP contribution in [0, 0.1) is 33.5 Å². The van der Waals surface area contributed by atoms with Crippen molar-refractivity contribution in [1.29, 1.82) is 0 Å². The first-order valence-corrected chi connectivity index (χ1v) is 9.16. The first kappa shape index (κ1) is 14.9. The van der Waals surface area contributed by atoms with E-state index in [2.05, 4.69) is 25.1 Å². The molecule has 4 aliphatic rings. The molecule has 0 bridgehead atoms. The molecule has 22 heavy (non-hydrogen) atoms. The number of nitroso groups, excluding NO2 is 1. The molecule has 0 radical (unpaired) electrons. The van der Waals surface area contributed by atoms with Gasteiger partial charge in [0.1, 0.15) is 0 Å². The van der Waals surface area contributed by atoms with Crippen LogP contribution in [0.2, 0.25) is 0 Å². The van der Waals surface area contributed by atoms with Gasteiger partial charge in [0.05, 0.1) is 12.1 Å². The summed E-state index contributed by atoms with van der Waals surface area (Å²) < 4.78 is 0. The van der Waals surface area contributed by atoms with E-state index in [-0.39, 0.29) is 12.1 Å². The molecular weight excluding hydrogens is 274 g/mol. The molecule has 3 fully saturated rings. The zero-order chi connectivity index (χ0) is 15.5. The van der Waals surface area contributed by atoms with Gasteiger partial charge in [0, 0.05) is 0 Å². The molecule has 0 saturated heterocycles. The van der Waals surface area contributed by atoms with Gasteiger partial charge in [-0.15, -0.1) is 0 Å². The number of rotatable bonds is 1. The smallest absolute Gasteiger partial charge is 0.0928 e. The lowest BCUT2D eigenvalue weighted by Gasteiger charge is -2.57. The summed E-state index contributed by atoms with van der Waals surface area (Å²) in [5.74, 6) is 2.16. The van der Waals surface area contributed by atoms with Crippen LogP contribution in [0.1, 0.15) is 65.2 Å². The second-order valence-electron chi connectivity index (χ2n) is 9.05. The van der Waals surface area contributed by atoms with Crippen LogP contribution in [0.15, 0.2) is 16.8 Å². The number of allylic oxidation sites excluding steroid dienone is 1. The maximum absolute atomic E-state index is 11.1. The van der Waals surface area contributed by atoms with Gasteiger partial charge in [-0.05, 0) is 80.0 Å². The molecule has 122 valence electrons. The van der Waals surface area contributed by atoms with Crippen molar-refractivity contribution >= 4 is 0 Å². The minimum atomic E-state index is -0.125. The van der Waals surface area contributed by atoms with Crippen molar-refractivity contribution in [3.63, 3.8) is 0 Å². The zero-order valence-electron chi connectivity index (χ0n) is 13.9. The Morgan fingerprint density at radius 1 is 1.23 bits per heavy atom. The Morgan fingerprint density at radius 3 is 2.82 bits per heavy atom. The highest BCUT2D eigenvalue weighted by molar-refractivity contribution is 5.25. The monoisotopic (exact) mass is 303 g/mol. The van der Waals surface area contributed by atoms with Crippen molar-refractivity contribution in [1.82, 2.24) is 0 Å². The fourth-order valence-electron chi connectivity index (χ4n) is 6.74. The number of aliphatic hydroxyl groups is 1. The van der Waals surface area contributed by atoms with Gasteiger partial charge < -0.3 is 5.11 Å². The highest BCUT2D eigenvalue weighted by Gasteiger charge is 2.57. The summed E-state index contributed by atoms with van der Waals surface area (Å²) in [6.45, 7) is 4.86. The predicted molar refractivity (Wildman–Crippen MR) is 87.3 cm³/mol. The molecule has 1 N–H and O–H groups in total. The molecule has 0 heterocycles. The van der Waals surface area contributed by atoms with Crippen LogP contribution in [0.5, 0.6) is 0 Å². The molecule has 4 unspecified atom stereocenters. The van der Waals surface area contributed by atoms with Crippen molar-refractivity contribution < 1.29 is 5.11 Å². The number of aliphatic hydroxyl groups excluding tert-OH is 1. The Morgan fingerprint density at radius 2 is 2.05 bits per heavy atom. The highest BCUT2D eigenvalue weighted by Crippen LogP contribution is 2.65. The molecule has 3 nitrogen and oxygen atoms in total. The van der Waals surface area contributed by atoms with Crippen molar-refractivity contribution in [2.75, 3.05) is 0 Å². The van der Waals surface area contributed by atoms with E-state index in [1.54, 1.807) is 0 Å². The van der Waals surface area contributed by atoms with Crippen LogP contribution in [0.4, 0.5) is 0 Å². The van der Waals surface area contributed by atoms with E-state index in [9.17, 15) is 10.0 Å². The molecule has 7 atom stereocenters. The van der Waals surface area contributed by atoms with Crippen LogP contribution >= 0.6 is 0 Å². The number of hydrogen-bond donors (Lipinski definition) is 1. The summed E-state index contributed by atoms with van der Waals surface area (Å²) in [5.41, 5.74) is 2.17. The van der Waals surface area contributed by atoms with E-state index in [0.717, 1.165) is 50.4 Å². The SMILES string of the molecule is C[C@]12CCC3C(CC=C4C[C@@H](O)CC[C@@]43C)C1CC(N=O)C2. The topological polar surface area (TPSA) is 49.7 Å². The third kappa shape index (κ3) is 1.97. The van der Waals surface area contributed by atoms with E-state index in [1.807, 2.05) is 0 Å².